The molecule has 0 atom stereocenters. The van der Waals surface area contributed by atoms with E-state index in [-0.39, 0.29) is 5.56 Å². The van der Waals surface area contributed by atoms with Gasteiger partial charge in [0.15, 0.2) is 0 Å². The number of hydrogen-bond acceptors (Lipinski definition) is 1. The molecular formula is C9H6ClF3O2. The Bertz CT molecular complexity index is 418. The van der Waals surface area contributed by atoms with E-state index in [9.17, 15) is 18.0 Å². The van der Waals surface area contributed by atoms with Gasteiger partial charge in [0, 0.05) is 0 Å². The minimum atomic E-state index is -4.19. The zero-order valence-corrected chi connectivity index (χ0v) is 8.28. The number of benzene rings is 1. The first-order valence-corrected chi connectivity index (χ1v) is 4.22. The van der Waals surface area contributed by atoms with Crippen LogP contribution in [0, 0.1) is 12.7 Å². The van der Waals surface area contributed by atoms with Crippen molar-refractivity contribution < 1.29 is 23.1 Å². The molecule has 0 aliphatic rings. The minimum Gasteiger partial charge on any atom is -0.477 e. The number of alkyl halides is 2. The van der Waals surface area contributed by atoms with Crippen molar-refractivity contribution in [2.24, 2.45) is 0 Å². The van der Waals surface area contributed by atoms with Crippen molar-refractivity contribution in [1.29, 1.82) is 0 Å². The summed E-state index contributed by atoms with van der Waals surface area (Å²) in [7, 11) is 0. The lowest BCUT2D eigenvalue weighted by Crippen LogP contribution is -2.26. The van der Waals surface area contributed by atoms with Crippen molar-refractivity contribution >= 4 is 17.6 Å². The Kier molecular flexibility index (Phi) is 2.95. The average Bonchev–Trinajstić information content (AvgIpc) is 2.10. The third-order valence-corrected chi connectivity index (χ3v) is 2.17. The normalized spacial score (nSPS) is 11.5. The zero-order chi connectivity index (χ0) is 11.8. The molecule has 0 aliphatic heterocycles. The zero-order valence-electron chi connectivity index (χ0n) is 7.52. The Hall–Kier alpha value is -1.23. The fourth-order valence-electron chi connectivity index (χ4n) is 1.00. The summed E-state index contributed by atoms with van der Waals surface area (Å²) < 4.78 is 39.0. The molecule has 6 heteroatoms. The van der Waals surface area contributed by atoms with Gasteiger partial charge in [0.25, 0.3) is 0 Å². The number of carbonyl (C=O) groups is 1. The molecule has 15 heavy (non-hydrogen) atoms. The lowest BCUT2D eigenvalue weighted by molar-refractivity contribution is -0.166. The summed E-state index contributed by atoms with van der Waals surface area (Å²) >= 11 is 5.42. The largest absolute Gasteiger partial charge is 0.477 e. The molecule has 0 radical (unpaired) electrons. The van der Waals surface area contributed by atoms with Gasteiger partial charge in [-0.15, -0.1) is 0 Å². The third kappa shape index (κ3) is 2.07. The molecule has 2 nitrogen and oxygen atoms in total. The van der Waals surface area contributed by atoms with Crippen LogP contribution in [0.25, 0.3) is 0 Å². The highest BCUT2D eigenvalue weighted by atomic mass is 35.5. The van der Waals surface area contributed by atoms with E-state index in [4.69, 9.17) is 16.7 Å². The highest BCUT2D eigenvalue weighted by molar-refractivity contribution is 6.31. The predicted octanol–water partition coefficient (Wildman–Crippen LogP) is 2.96. The van der Waals surface area contributed by atoms with Gasteiger partial charge in [0.05, 0.1) is 10.6 Å². The standard InChI is InChI=1S/C9H6ClF3O2/c1-4-2-6(10)5(3-7(4)11)9(12,13)8(14)15/h2-3H,1H3,(H,14,15). The lowest BCUT2D eigenvalue weighted by Gasteiger charge is -2.13. The monoisotopic (exact) mass is 238 g/mol. The number of aliphatic carboxylic acids is 1. The SMILES string of the molecule is Cc1cc(Cl)c(C(F)(F)C(=O)O)cc1F. The fraction of sp³-hybridized carbons (Fsp3) is 0.222. The summed E-state index contributed by atoms with van der Waals surface area (Å²) in [4.78, 5) is 10.2. The predicted molar refractivity (Wildman–Crippen MR) is 47.7 cm³/mol. The Morgan fingerprint density at radius 1 is 1.47 bits per heavy atom. The van der Waals surface area contributed by atoms with E-state index in [2.05, 4.69) is 0 Å². The molecule has 0 heterocycles. The van der Waals surface area contributed by atoms with E-state index in [1.165, 1.54) is 6.92 Å². The van der Waals surface area contributed by atoms with E-state index in [1.54, 1.807) is 0 Å². The molecule has 1 aromatic rings. The van der Waals surface area contributed by atoms with Crippen molar-refractivity contribution in [3.8, 4) is 0 Å². The van der Waals surface area contributed by atoms with Crippen molar-refractivity contribution in [3.63, 3.8) is 0 Å². The third-order valence-electron chi connectivity index (χ3n) is 1.86. The second-order valence-corrected chi connectivity index (χ2v) is 3.37. The van der Waals surface area contributed by atoms with E-state index < -0.39 is 28.3 Å². The number of hydrogen-bond donors (Lipinski definition) is 1. The minimum absolute atomic E-state index is 0.0740. The van der Waals surface area contributed by atoms with Gasteiger partial charge in [-0.25, -0.2) is 9.18 Å². The molecule has 0 unspecified atom stereocenters. The summed E-state index contributed by atoms with van der Waals surface area (Å²) in [5.74, 6) is -7.48. The lowest BCUT2D eigenvalue weighted by atomic mass is 10.1. The van der Waals surface area contributed by atoms with Gasteiger partial charge in [-0.3, -0.25) is 0 Å². The first-order valence-electron chi connectivity index (χ1n) is 3.84. The van der Waals surface area contributed by atoms with Gasteiger partial charge in [-0.05, 0) is 24.6 Å². The quantitative estimate of drug-likeness (QED) is 0.860. The molecule has 0 aromatic heterocycles. The van der Waals surface area contributed by atoms with E-state index in [1.807, 2.05) is 0 Å². The van der Waals surface area contributed by atoms with Crippen LogP contribution in [-0.4, -0.2) is 11.1 Å². The maximum absolute atomic E-state index is 13.0. The number of carboxylic acid groups (broad SMARTS) is 1. The second-order valence-electron chi connectivity index (χ2n) is 2.96. The summed E-state index contributed by atoms with van der Waals surface area (Å²) in [6.07, 6.45) is 0. The molecule has 0 aliphatic carbocycles. The van der Waals surface area contributed by atoms with Gasteiger partial charge in [0.1, 0.15) is 5.82 Å². The van der Waals surface area contributed by atoms with Crippen molar-refractivity contribution in [2.45, 2.75) is 12.8 Å². The van der Waals surface area contributed by atoms with Crippen LogP contribution in [0.2, 0.25) is 5.02 Å². The smallest absolute Gasteiger partial charge is 0.379 e. The highest BCUT2D eigenvalue weighted by Crippen LogP contribution is 2.34. The van der Waals surface area contributed by atoms with Crippen molar-refractivity contribution in [3.05, 3.63) is 34.1 Å². The molecule has 0 saturated carbocycles. The van der Waals surface area contributed by atoms with E-state index in [0.717, 1.165) is 6.07 Å². The van der Waals surface area contributed by atoms with Crippen LogP contribution in [0.3, 0.4) is 0 Å². The number of carboxylic acids is 1. The second kappa shape index (κ2) is 3.73. The summed E-state index contributed by atoms with van der Waals surface area (Å²) in [6.45, 7) is 1.34. The Balaban J connectivity index is 3.38. The molecule has 0 spiro atoms. The van der Waals surface area contributed by atoms with Crippen molar-refractivity contribution in [2.75, 3.05) is 0 Å². The van der Waals surface area contributed by atoms with Crippen LogP contribution in [0.1, 0.15) is 11.1 Å². The van der Waals surface area contributed by atoms with Crippen LogP contribution in [0.15, 0.2) is 12.1 Å². The molecular weight excluding hydrogens is 233 g/mol. The Labute approximate surface area is 88.3 Å². The van der Waals surface area contributed by atoms with E-state index >= 15 is 0 Å². The molecule has 1 aromatic carbocycles. The maximum Gasteiger partial charge on any atom is 0.379 e. The molecule has 0 amide bonds. The summed E-state index contributed by atoms with van der Waals surface area (Å²) in [6, 6.07) is 1.40. The van der Waals surface area contributed by atoms with Gasteiger partial charge in [-0.2, -0.15) is 8.78 Å². The molecule has 82 valence electrons. The van der Waals surface area contributed by atoms with Crippen LogP contribution < -0.4 is 0 Å². The molecule has 1 rings (SSSR count). The molecule has 0 fully saturated rings. The van der Waals surface area contributed by atoms with Gasteiger partial charge in [-0.1, -0.05) is 11.6 Å². The topological polar surface area (TPSA) is 37.3 Å². The van der Waals surface area contributed by atoms with Crippen LogP contribution >= 0.6 is 11.6 Å². The molecule has 1 N–H and O–H groups in total. The highest BCUT2D eigenvalue weighted by Gasteiger charge is 2.43. The van der Waals surface area contributed by atoms with Crippen LogP contribution in [0.4, 0.5) is 13.2 Å². The Morgan fingerprint density at radius 3 is 2.47 bits per heavy atom. The number of halogens is 4. The first kappa shape index (κ1) is 11.8. The first-order chi connectivity index (χ1) is 6.76. The fourth-order valence-corrected chi connectivity index (χ4v) is 1.34. The number of aryl methyl sites for hydroxylation is 1. The molecule has 0 saturated heterocycles. The summed E-state index contributed by atoms with van der Waals surface area (Å²) in [5.41, 5.74) is -0.968. The van der Waals surface area contributed by atoms with Gasteiger partial charge < -0.3 is 5.11 Å². The summed E-state index contributed by atoms with van der Waals surface area (Å²) in [5, 5.41) is 7.78. The number of rotatable bonds is 2. The van der Waals surface area contributed by atoms with E-state index in [0.29, 0.717) is 6.07 Å². The molecule has 0 bridgehead atoms. The average molecular weight is 239 g/mol. The Morgan fingerprint density at radius 2 is 2.00 bits per heavy atom. The van der Waals surface area contributed by atoms with Crippen molar-refractivity contribution in [1.82, 2.24) is 0 Å². The van der Waals surface area contributed by atoms with Crippen LogP contribution in [-0.2, 0) is 10.7 Å². The van der Waals surface area contributed by atoms with Crippen LogP contribution in [0.5, 0.6) is 0 Å². The maximum atomic E-state index is 13.0. The van der Waals surface area contributed by atoms with Gasteiger partial charge in [0.2, 0.25) is 0 Å². The van der Waals surface area contributed by atoms with Gasteiger partial charge >= 0.3 is 11.9 Å².